The van der Waals surface area contributed by atoms with Crippen molar-refractivity contribution >= 4 is 0 Å². The van der Waals surface area contributed by atoms with Crippen molar-refractivity contribution in [1.29, 1.82) is 0 Å². The van der Waals surface area contributed by atoms with Gasteiger partial charge in [-0.25, -0.2) is 0 Å². The van der Waals surface area contributed by atoms with E-state index in [0.29, 0.717) is 6.61 Å². The summed E-state index contributed by atoms with van der Waals surface area (Å²) in [5, 5.41) is 10.5. The predicted molar refractivity (Wildman–Crippen MR) is 61.5 cm³/mol. The van der Waals surface area contributed by atoms with Crippen LogP contribution in [0.3, 0.4) is 0 Å². The van der Waals surface area contributed by atoms with Gasteiger partial charge in [0.1, 0.15) is 6.10 Å². The lowest BCUT2D eigenvalue weighted by Crippen LogP contribution is -2.49. The smallest absolute Gasteiger partial charge is 0.184 e. The van der Waals surface area contributed by atoms with Gasteiger partial charge in [-0.15, -0.1) is 0 Å². The van der Waals surface area contributed by atoms with Crippen molar-refractivity contribution < 1.29 is 14.6 Å². The molecule has 1 aliphatic carbocycles. The zero-order valence-electron chi connectivity index (χ0n) is 9.63. The maximum atomic E-state index is 10.5. The number of rotatable bonds is 0. The standard InChI is InChI=1S/C14H16O3/c15-12-13-16-8-11(17-13)7-14(12)5-9-3-1-2-4-10(9)6-14/h1-4,11-13,15H,5-8H2/t11-,12?,13+/m0/s1. The minimum absolute atomic E-state index is 0.0478. The first kappa shape index (κ1) is 10.1. The Morgan fingerprint density at radius 3 is 2.59 bits per heavy atom. The van der Waals surface area contributed by atoms with Gasteiger partial charge < -0.3 is 14.6 Å². The molecule has 3 atom stereocenters. The largest absolute Gasteiger partial charge is 0.387 e. The average Bonchev–Trinajstić information content (AvgIpc) is 2.89. The van der Waals surface area contributed by atoms with E-state index in [0.717, 1.165) is 19.3 Å². The molecule has 1 unspecified atom stereocenters. The van der Waals surface area contributed by atoms with E-state index in [2.05, 4.69) is 24.3 Å². The van der Waals surface area contributed by atoms with Gasteiger partial charge >= 0.3 is 0 Å². The molecule has 3 aliphatic rings. The third kappa shape index (κ3) is 1.33. The molecule has 1 N–H and O–H groups in total. The fourth-order valence-corrected chi connectivity index (χ4v) is 3.68. The van der Waals surface area contributed by atoms with Gasteiger partial charge in [-0.3, -0.25) is 0 Å². The highest BCUT2D eigenvalue weighted by Gasteiger charge is 2.54. The number of hydrogen-bond donors (Lipinski definition) is 1. The molecule has 3 heteroatoms. The summed E-state index contributed by atoms with van der Waals surface area (Å²) in [5.41, 5.74) is 2.72. The summed E-state index contributed by atoms with van der Waals surface area (Å²) >= 11 is 0. The maximum Gasteiger partial charge on any atom is 0.184 e. The van der Waals surface area contributed by atoms with Crippen LogP contribution in [0.4, 0.5) is 0 Å². The maximum absolute atomic E-state index is 10.5. The normalized spacial score (nSPS) is 37.4. The molecule has 1 aromatic rings. The number of fused-ring (bicyclic) bond motifs is 3. The molecule has 2 bridgehead atoms. The summed E-state index contributed by atoms with van der Waals surface area (Å²) < 4.78 is 11.1. The molecule has 0 amide bonds. The van der Waals surface area contributed by atoms with Crippen LogP contribution in [0.15, 0.2) is 24.3 Å². The van der Waals surface area contributed by atoms with Crippen molar-refractivity contribution in [1.82, 2.24) is 0 Å². The molecule has 4 rings (SSSR count). The summed E-state index contributed by atoms with van der Waals surface area (Å²) in [6, 6.07) is 8.51. The Morgan fingerprint density at radius 1 is 1.18 bits per heavy atom. The lowest BCUT2D eigenvalue weighted by molar-refractivity contribution is -0.203. The third-order valence-corrected chi connectivity index (χ3v) is 4.50. The molecule has 1 aromatic carbocycles. The molecule has 17 heavy (non-hydrogen) atoms. The first-order chi connectivity index (χ1) is 8.27. The highest BCUT2D eigenvalue weighted by atomic mass is 16.7. The van der Waals surface area contributed by atoms with Gasteiger partial charge in [-0.1, -0.05) is 24.3 Å². The summed E-state index contributed by atoms with van der Waals surface area (Å²) in [6.07, 6.45) is 2.13. The average molecular weight is 232 g/mol. The molecule has 0 radical (unpaired) electrons. The van der Waals surface area contributed by atoms with E-state index in [9.17, 15) is 5.11 Å². The lowest BCUT2D eigenvalue weighted by atomic mass is 9.73. The van der Waals surface area contributed by atoms with Gasteiger partial charge in [-0.05, 0) is 30.4 Å². The van der Waals surface area contributed by atoms with Crippen molar-refractivity contribution in [2.75, 3.05) is 6.61 Å². The quantitative estimate of drug-likeness (QED) is 0.732. The molecule has 2 saturated heterocycles. The Hall–Kier alpha value is -0.900. The Balaban J connectivity index is 1.72. The van der Waals surface area contributed by atoms with Crippen molar-refractivity contribution in [3.8, 4) is 0 Å². The van der Waals surface area contributed by atoms with Crippen LogP contribution in [0.25, 0.3) is 0 Å². The van der Waals surface area contributed by atoms with Gasteiger partial charge in [0.2, 0.25) is 0 Å². The molecule has 2 aliphatic heterocycles. The van der Waals surface area contributed by atoms with Crippen molar-refractivity contribution in [3.63, 3.8) is 0 Å². The topological polar surface area (TPSA) is 38.7 Å². The molecule has 90 valence electrons. The van der Waals surface area contributed by atoms with Gasteiger partial charge in [0.25, 0.3) is 0 Å². The van der Waals surface area contributed by atoms with Gasteiger partial charge in [-0.2, -0.15) is 0 Å². The lowest BCUT2D eigenvalue weighted by Gasteiger charge is -2.40. The zero-order chi connectivity index (χ0) is 11.5. The molecule has 3 nitrogen and oxygen atoms in total. The van der Waals surface area contributed by atoms with Crippen LogP contribution in [0.5, 0.6) is 0 Å². The summed E-state index contributed by atoms with van der Waals surface area (Å²) in [5.74, 6) is 0. The van der Waals surface area contributed by atoms with Gasteiger partial charge in [0.05, 0.1) is 12.7 Å². The second kappa shape index (κ2) is 3.31. The van der Waals surface area contributed by atoms with Crippen LogP contribution in [0, 0.1) is 5.41 Å². The van der Waals surface area contributed by atoms with E-state index >= 15 is 0 Å². The predicted octanol–water partition coefficient (Wildman–Crippen LogP) is 1.28. The van der Waals surface area contributed by atoms with E-state index in [-0.39, 0.29) is 11.5 Å². The Bertz CT molecular complexity index is 432. The van der Waals surface area contributed by atoms with Crippen molar-refractivity contribution in [2.45, 2.75) is 37.8 Å². The number of benzene rings is 1. The first-order valence-corrected chi connectivity index (χ1v) is 6.29. The number of ether oxygens (including phenoxy) is 2. The molecule has 2 fully saturated rings. The monoisotopic (exact) mass is 232 g/mol. The Morgan fingerprint density at radius 2 is 1.88 bits per heavy atom. The molecule has 2 heterocycles. The van der Waals surface area contributed by atoms with Crippen molar-refractivity contribution in [3.05, 3.63) is 35.4 Å². The summed E-state index contributed by atoms with van der Waals surface area (Å²) in [4.78, 5) is 0. The van der Waals surface area contributed by atoms with Crippen LogP contribution in [-0.4, -0.2) is 30.2 Å². The highest BCUT2D eigenvalue weighted by molar-refractivity contribution is 5.35. The van der Waals surface area contributed by atoms with E-state index < -0.39 is 12.4 Å². The van der Waals surface area contributed by atoms with Crippen LogP contribution in [0.1, 0.15) is 17.5 Å². The third-order valence-electron chi connectivity index (χ3n) is 4.50. The second-order valence-electron chi connectivity index (χ2n) is 5.59. The van der Waals surface area contributed by atoms with Gasteiger partial charge in [0, 0.05) is 5.41 Å². The minimum Gasteiger partial charge on any atom is -0.387 e. The summed E-state index contributed by atoms with van der Waals surface area (Å²) in [7, 11) is 0. The summed E-state index contributed by atoms with van der Waals surface area (Å²) in [6.45, 7) is 0.639. The fourth-order valence-electron chi connectivity index (χ4n) is 3.68. The first-order valence-electron chi connectivity index (χ1n) is 6.29. The van der Waals surface area contributed by atoms with Crippen LogP contribution in [0.2, 0.25) is 0 Å². The van der Waals surface area contributed by atoms with Crippen LogP contribution < -0.4 is 0 Å². The number of aliphatic hydroxyl groups is 1. The van der Waals surface area contributed by atoms with Gasteiger partial charge in [0.15, 0.2) is 6.29 Å². The Kier molecular flexibility index (Phi) is 1.96. The highest BCUT2D eigenvalue weighted by Crippen LogP contribution is 2.49. The molecular weight excluding hydrogens is 216 g/mol. The molecule has 0 saturated carbocycles. The fraction of sp³-hybridized carbons (Fsp3) is 0.571. The van der Waals surface area contributed by atoms with Crippen molar-refractivity contribution in [2.24, 2.45) is 5.41 Å². The second-order valence-corrected chi connectivity index (χ2v) is 5.59. The number of hydrogen-bond acceptors (Lipinski definition) is 3. The zero-order valence-corrected chi connectivity index (χ0v) is 9.63. The van der Waals surface area contributed by atoms with Crippen LogP contribution >= 0.6 is 0 Å². The Labute approximate surface area is 100 Å². The molecular formula is C14H16O3. The number of aliphatic hydroxyl groups excluding tert-OH is 1. The van der Waals surface area contributed by atoms with Crippen LogP contribution in [-0.2, 0) is 22.3 Å². The van der Waals surface area contributed by atoms with E-state index in [1.165, 1.54) is 11.1 Å². The minimum atomic E-state index is -0.492. The van der Waals surface area contributed by atoms with E-state index in [1.54, 1.807) is 0 Å². The molecule has 1 spiro atoms. The van der Waals surface area contributed by atoms with E-state index in [1.807, 2.05) is 0 Å². The van der Waals surface area contributed by atoms with E-state index in [4.69, 9.17) is 9.47 Å². The molecule has 0 aromatic heterocycles. The SMILES string of the molecule is OC1[C@@H]2OC[C@H](CC13Cc1ccccc1C3)O2.